The fraction of sp³-hybridized carbons (Fsp3) is 0. The molecule has 1 N–H and O–H groups in total. The average molecular weight is 452 g/mol. The summed E-state index contributed by atoms with van der Waals surface area (Å²) < 4.78 is 0. The van der Waals surface area contributed by atoms with Gasteiger partial charge in [-0.05, 0) is 30.3 Å². The van der Waals surface area contributed by atoms with Crippen LogP contribution in [0.2, 0.25) is 0 Å². The summed E-state index contributed by atoms with van der Waals surface area (Å²) in [6.45, 7) is 0. The van der Waals surface area contributed by atoms with Crippen molar-refractivity contribution in [3.05, 3.63) is 137 Å². The van der Waals surface area contributed by atoms with Gasteiger partial charge in [0.05, 0.1) is 16.3 Å². The summed E-state index contributed by atoms with van der Waals surface area (Å²) in [5.74, 6) is -0.335. The number of nitro groups is 1. The lowest BCUT2D eigenvalue weighted by molar-refractivity contribution is -0.385. The third kappa shape index (κ3) is 7.27. The average Bonchev–Trinajstić information content (AvgIpc) is 2.90. The first-order chi connectivity index (χ1) is 16.6. The van der Waals surface area contributed by atoms with Crippen molar-refractivity contribution in [3.8, 4) is 0 Å². The molecule has 34 heavy (non-hydrogen) atoms. The lowest BCUT2D eigenvalue weighted by Crippen LogP contribution is -2.04. The first-order valence-electron chi connectivity index (χ1n) is 10.1. The van der Waals surface area contributed by atoms with Crippen LogP contribution in [0.1, 0.15) is 15.9 Å². The van der Waals surface area contributed by atoms with Crippen LogP contribution in [0.15, 0.2) is 136 Å². The van der Waals surface area contributed by atoms with E-state index in [1.165, 1.54) is 12.1 Å². The molecular formula is C25H20N6O3. The monoisotopic (exact) mass is 452 g/mol. The second-order valence-electron chi connectivity index (χ2n) is 6.64. The summed E-state index contributed by atoms with van der Waals surface area (Å²) in [6.07, 6.45) is 0. The highest BCUT2D eigenvalue weighted by Crippen LogP contribution is 2.21. The van der Waals surface area contributed by atoms with Crippen LogP contribution in [-0.2, 0) is 0 Å². The Bertz CT molecular complexity index is 1220. The predicted molar refractivity (Wildman–Crippen MR) is 128 cm³/mol. The molecular weight excluding hydrogens is 432 g/mol. The summed E-state index contributed by atoms with van der Waals surface area (Å²) in [6, 6.07) is 33.2. The number of para-hydroxylation sites is 1. The molecule has 168 valence electrons. The third-order valence-electron chi connectivity index (χ3n) is 4.31. The highest BCUT2D eigenvalue weighted by molar-refractivity contribution is 6.11. The molecule has 9 nitrogen and oxygen atoms in total. The van der Waals surface area contributed by atoms with Crippen LogP contribution in [0.4, 0.5) is 17.1 Å². The number of carbonyl (C=O) groups is 1. The van der Waals surface area contributed by atoms with E-state index in [1.807, 2.05) is 60.7 Å². The van der Waals surface area contributed by atoms with Gasteiger partial charge in [0.2, 0.25) is 0 Å². The molecule has 0 unspecified atom stereocenters. The van der Waals surface area contributed by atoms with E-state index >= 15 is 0 Å². The van der Waals surface area contributed by atoms with E-state index in [-0.39, 0.29) is 17.0 Å². The van der Waals surface area contributed by atoms with Gasteiger partial charge in [0.1, 0.15) is 5.56 Å². The van der Waals surface area contributed by atoms with E-state index in [2.05, 4.69) is 26.2 Å². The van der Waals surface area contributed by atoms with Gasteiger partial charge >= 0.3 is 0 Å². The Hall–Kier alpha value is -5.05. The van der Waals surface area contributed by atoms with Gasteiger partial charge in [-0.2, -0.15) is 5.53 Å². The van der Waals surface area contributed by atoms with Gasteiger partial charge in [-0.1, -0.05) is 89.3 Å². The molecule has 4 aromatic rings. The molecule has 0 aliphatic carbocycles. The normalized spacial score (nSPS) is 10.5. The summed E-state index contributed by atoms with van der Waals surface area (Å²) in [5, 5.41) is 25.9. The minimum absolute atomic E-state index is 0.115. The van der Waals surface area contributed by atoms with Gasteiger partial charge in [-0.15, -0.1) is 10.2 Å². The quantitative estimate of drug-likeness (QED) is 0.143. The zero-order valence-corrected chi connectivity index (χ0v) is 17.9. The lowest BCUT2D eigenvalue weighted by atomic mass is 10.0. The van der Waals surface area contributed by atoms with Gasteiger partial charge < -0.3 is 0 Å². The van der Waals surface area contributed by atoms with Crippen molar-refractivity contribution in [2.75, 3.05) is 0 Å². The van der Waals surface area contributed by atoms with Crippen molar-refractivity contribution in [2.24, 2.45) is 20.7 Å². The van der Waals surface area contributed by atoms with Crippen molar-refractivity contribution in [3.63, 3.8) is 0 Å². The van der Waals surface area contributed by atoms with Gasteiger partial charge in [-0.25, -0.2) is 0 Å². The van der Waals surface area contributed by atoms with E-state index in [1.54, 1.807) is 42.5 Å². The van der Waals surface area contributed by atoms with Crippen molar-refractivity contribution < 1.29 is 9.72 Å². The Morgan fingerprint density at radius 1 is 0.647 bits per heavy atom. The Morgan fingerprint density at radius 2 is 1.09 bits per heavy atom. The molecule has 0 saturated heterocycles. The van der Waals surface area contributed by atoms with Crippen molar-refractivity contribution in [2.45, 2.75) is 0 Å². The Balaban J connectivity index is 0.000000191. The van der Waals surface area contributed by atoms with E-state index in [0.29, 0.717) is 5.56 Å². The van der Waals surface area contributed by atoms with Crippen LogP contribution in [0.5, 0.6) is 0 Å². The van der Waals surface area contributed by atoms with Crippen LogP contribution >= 0.6 is 0 Å². The number of ketones is 1. The third-order valence-corrected chi connectivity index (χ3v) is 4.31. The molecule has 0 radical (unpaired) electrons. The van der Waals surface area contributed by atoms with Crippen LogP contribution in [0, 0.1) is 10.1 Å². The predicted octanol–water partition coefficient (Wildman–Crippen LogP) is 6.80. The van der Waals surface area contributed by atoms with Crippen molar-refractivity contribution >= 4 is 22.8 Å². The molecule has 0 heterocycles. The van der Waals surface area contributed by atoms with E-state index in [9.17, 15) is 14.9 Å². The second-order valence-corrected chi connectivity index (χ2v) is 6.64. The van der Waals surface area contributed by atoms with Crippen molar-refractivity contribution in [1.29, 1.82) is 0 Å². The number of carbonyl (C=O) groups excluding carboxylic acids is 1. The minimum Gasteiger partial charge on any atom is -0.288 e. The molecule has 0 spiro atoms. The summed E-state index contributed by atoms with van der Waals surface area (Å²) in [7, 11) is 0. The minimum atomic E-state index is -0.545. The van der Waals surface area contributed by atoms with E-state index in [4.69, 9.17) is 0 Å². The Morgan fingerprint density at radius 3 is 1.59 bits per heavy atom. The number of nitrogens with zero attached hydrogens (tertiary/aromatic N) is 5. The maximum atomic E-state index is 12.1. The van der Waals surface area contributed by atoms with E-state index < -0.39 is 4.92 Å². The van der Waals surface area contributed by atoms with Crippen LogP contribution in [0.25, 0.3) is 0 Å². The van der Waals surface area contributed by atoms with Crippen molar-refractivity contribution in [1.82, 2.24) is 5.53 Å². The molecule has 0 bridgehead atoms. The highest BCUT2D eigenvalue weighted by atomic mass is 16.6. The van der Waals surface area contributed by atoms with Gasteiger partial charge in [0, 0.05) is 11.6 Å². The summed E-state index contributed by atoms with van der Waals surface area (Å²) in [4.78, 5) is 22.3. The summed E-state index contributed by atoms with van der Waals surface area (Å²) >= 11 is 0. The smallest absolute Gasteiger partial charge is 0.280 e. The van der Waals surface area contributed by atoms with Crippen LogP contribution in [-0.4, -0.2) is 10.7 Å². The van der Waals surface area contributed by atoms with Gasteiger partial charge in [0.15, 0.2) is 5.78 Å². The largest absolute Gasteiger partial charge is 0.288 e. The molecule has 0 amide bonds. The number of nitrogens with one attached hydrogen (secondary N) is 1. The molecule has 0 atom stereocenters. The maximum Gasteiger partial charge on any atom is 0.280 e. The summed E-state index contributed by atoms with van der Waals surface area (Å²) in [5.41, 5.74) is 4.31. The topological polar surface area (TPSA) is 122 Å². The fourth-order valence-electron chi connectivity index (χ4n) is 2.74. The highest BCUT2D eigenvalue weighted by Gasteiger charge is 2.19. The molecule has 0 aromatic heterocycles. The molecule has 4 aromatic carbocycles. The van der Waals surface area contributed by atoms with Gasteiger partial charge in [0.25, 0.3) is 5.69 Å². The number of rotatable bonds is 7. The maximum absolute atomic E-state index is 12.1. The number of nitro benzene ring substituents is 1. The lowest BCUT2D eigenvalue weighted by Gasteiger charge is -2.01. The molecule has 4 rings (SSSR count). The molecule has 0 fully saturated rings. The standard InChI is InChI=1S/C13H9NO3.C12H11N5/c15-13(10-6-2-1-3-7-10)11-8-4-5-9-12(11)14(16)17;1-3-7-11(8-4-1)13-15-17-16-14-12-9-5-2-6-10-12/h1-9H;1-10H,(H,13,14,17). The molecule has 0 saturated carbocycles. The zero-order chi connectivity index (χ0) is 24.0. The second kappa shape index (κ2) is 12.7. The number of benzene rings is 4. The fourth-order valence-corrected chi connectivity index (χ4v) is 2.74. The first-order valence-corrected chi connectivity index (χ1v) is 10.1. The van der Waals surface area contributed by atoms with Crippen LogP contribution in [0.3, 0.4) is 0 Å². The molecule has 9 heteroatoms. The van der Waals surface area contributed by atoms with E-state index in [0.717, 1.165) is 11.4 Å². The Kier molecular flexibility index (Phi) is 8.83. The Labute approximate surface area is 195 Å². The number of hydrogen-bond donors (Lipinski definition) is 1. The SMILES string of the molecule is O=C(c1ccccc1)c1ccccc1[N+](=O)[O-].c1ccc(N=NNN=Nc2ccccc2)cc1. The molecule has 0 aliphatic rings. The first kappa shape index (κ1) is 23.6. The number of hydrogen-bond acceptors (Lipinski definition) is 7. The van der Waals surface area contributed by atoms with Crippen LogP contribution < -0.4 is 5.53 Å². The molecule has 0 aliphatic heterocycles. The van der Waals surface area contributed by atoms with Gasteiger partial charge in [-0.3, -0.25) is 14.9 Å². The zero-order valence-electron chi connectivity index (χ0n) is 17.9.